The van der Waals surface area contributed by atoms with E-state index in [4.69, 9.17) is 11.6 Å². The molecule has 2 N–H and O–H groups in total. The lowest BCUT2D eigenvalue weighted by Crippen LogP contribution is -2.47. The highest BCUT2D eigenvalue weighted by atomic mass is 35.5. The fourth-order valence-corrected chi connectivity index (χ4v) is 4.94. The standard InChI is InChI=1S/C19H22ClFN6OS/c1-2-29(28)27-6-4-3-5-13(27)9-23-19-16(21)11-25-18(26-19)15-10-24-17-14(15)7-12(20)8-22-17/h7-8,10-11,13H,2-6,9H2,1H3,(H,22,24)(H,23,25,26)/t13-,29?/m1/s1. The molecule has 0 radical (unpaired) electrons. The molecule has 1 fully saturated rings. The molecule has 0 bridgehead atoms. The normalized spacial score (nSPS) is 18.8. The van der Waals surface area contributed by atoms with Crippen LogP contribution < -0.4 is 5.32 Å². The summed E-state index contributed by atoms with van der Waals surface area (Å²) >= 11 is 5.05. The smallest absolute Gasteiger partial charge is 0.183 e. The Kier molecular flexibility index (Phi) is 6.19. The van der Waals surface area contributed by atoms with Gasteiger partial charge >= 0.3 is 0 Å². The number of aromatic nitrogens is 4. The van der Waals surface area contributed by atoms with Crippen LogP contribution in [0.4, 0.5) is 10.2 Å². The monoisotopic (exact) mass is 436 g/mol. The number of H-pyrrole nitrogens is 1. The fourth-order valence-electron chi connectivity index (χ4n) is 3.61. The zero-order chi connectivity index (χ0) is 20.4. The van der Waals surface area contributed by atoms with E-state index in [1.165, 1.54) is 0 Å². The summed E-state index contributed by atoms with van der Waals surface area (Å²) in [5.74, 6) is 0.567. The lowest BCUT2D eigenvalue weighted by Gasteiger charge is -2.34. The third-order valence-electron chi connectivity index (χ3n) is 5.07. The molecule has 4 heterocycles. The number of rotatable bonds is 6. The molecule has 10 heteroatoms. The van der Waals surface area contributed by atoms with E-state index in [1.54, 1.807) is 18.5 Å². The van der Waals surface area contributed by atoms with Gasteiger partial charge < -0.3 is 14.9 Å². The summed E-state index contributed by atoms with van der Waals surface area (Å²) in [6, 6.07) is 1.86. The maximum absolute atomic E-state index is 14.4. The van der Waals surface area contributed by atoms with Crippen LogP contribution in [0.1, 0.15) is 26.2 Å². The highest BCUT2D eigenvalue weighted by Crippen LogP contribution is 2.28. The van der Waals surface area contributed by atoms with Crippen LogP contribution in [0.25, 0.3) is 22.4 Å². The number of halogens is 2. The quantitative estimate of drug-likeness (QED) is 0.571. The van der Waals surface area contributed by atoms with Crippen LogP contribution in [0.5, 0.6) is 0 Å². The van der Waals surface area contributed by atoms with Crippen LogP contribution in [0, 0.1) is 5.82 Å². The summed E-state index contributed by atoms with van der Waals surface area (Å²) in [6.45, 7) is 3.18. The minimum absolute atomic E-state index is 0.0819. The van der Waals surface area contributed by atoms with Gasteiger partial charge in [0.15, 0.2) is 17.5 Å². The molecule has 154 valence electrons. The van der Waals surface area contributed by atoms with Crippen LogP contribution in [0.15, 0.2) is 24.7 Å². The largest absolute Gasteiger partial charge is 0.598 e. The minimum atomic E-state index is -1.01. The number of pyridine rings is 1. The second-order valence-electron chi connectivity index (χ2n) is 6.92. The van der Waals surface area contributed by atoms with E-state index in [1.807, 2.05) is 11.2 Å². The second-order valence-corrected chi connectivity index (χ2v) is 9.05. The molecular weight excluding hydrogens is 415 g/mol. The molecule has 1 unspecified atom stereocenters. The van der Waals surface area contributed by atoms with Gasteiger partial charge in [0.2, 0.25) is 0 Å². The van der Waals surface area contributed by atoms with Gasteiger partial charge in [-0.15, -0.1) is 4.31 Å². The maximum atomic E-state index is 14.4. The van der Waals surface area contributed by atoms with Crippen LogP contribution >= 0.6 is 11.6 Å². The number of piperidine rings is 1. The van der Waals surface area contributed by atoms with Gasteiger partial charge in [-0.1, -0.05) is 18.0 Å². The zero-order valence-corrected chi connectivity index (χ0v) is 17.6. The molecule has 0 aliphatic carbocycles. The minimum Gasteiger partial charge on any atom is -0.598 e. The highest BCUT2D eigenvalue weighted by molar-refractivity contribution is 7.89. The molecular formula is C19H22ClFN6OS. The van der Waals surface area contributed by atoms with Crippen LogP contribution in [-0.2, 0) is 11.4 Å². The van der Waals surface area contributed by atoms with Crippen LogP contribution in [-0.4, -0.2) is 53.7 Å². The summed E-state index contributed by atoms with van der Waals surface area (Å²) in [4.78, 5) is 15.8. The van der Waals surface area contributed by atoms with E-state index in [0.29, 0.717) is 34.4 Å². The molecule has 2 atom stereocenters. The zero-order valence-electron chi connectivity index (χ0n) is 16.0. The average Bonchev–Trinajstić information content (AvgIpc) is 3.16. The fraction of sp³-hybridized carbons (Fsp3) is 0.421. The highest BCUT2D eigenvalue weighted by Gasteiger charge is 2.30. The molecule has 29 heavy (non-hydrogen) atoms. The number of fused-ring (bicyclic) bond motifs is 1. The van der Waals surface area contributed by atoms with Gasteiger partial charge in [0.05, 0.1) is 17.3 Å². The molecule has 0 saturated carbocycles. The molecule has 3 aromatic heterocycles. The molecule has 7 nitrogen and oxygen atoms in total. The van der Waals surface area contributed by atoms with Crippen molar-refractivity contribution in [3.05, 3.63) is 35.5 Å². The van der Waals surface area contributed by atoms with Gasteiger partial charge in [-0.05, 0) is 25.8 Å². The van der Waals surface area contributed by atoms with Gasteiger partial charge in [-0.25, -0.2) is 19.3 Å². The molecule has 4 rings (SSSR count). The van der Waals surface area contributed by atoms with Gasteiger partial charge in [0, 0.05) is 47.8 Å². The van der Waals surface area contributed by atoms with Gasteiger partial charge in [-0.3, -0.25) is 0 Å². The second kappa shape index (κ2) is 8.83. The number of nitrogens with one attached hydrogen (secondary N) is 2. The van der Waals surface area contributed by atoms with E-state index in [2.05, 4.69) is 25.3 Å². The number of aromatic amines is 1. The molecule has 3 aromatic rings. The number of nitrogens with zero attached hydrogens (tertiary/aromatic N) is 4. The molecule has 0 amide bonds. The summed E-state index contributed by atoms with van der Waals surface area (Å²) in [5.41, 5.74) is 1.36. The number of hydrogen-bond donors (Lipinski definition) is 2. The molecule has 0 aromatic carbocycles. The summed E-state index contributed by atoms with van der Waals surface area (Å²) < 4.78 is 28.7. The van der Waals surface area contributed by atoms with Crippen molar-refractivity contribution < 1.29 is 8.94 Å². The van der Waals surface area contributed by atoms with Gasteiger partial charge in [-0.2, -0.15) is 0 Å². The third kappa shape index (κ3) is 4.32. The lowest BCUT2D eigenvalue weighted by molar-refractivity contribution is 0.262. The van der Waals surface area contributed by atoms with E-state index in [0.717, 1.165) is 37.4 Å². The Morgan fingerprint density at radius 2 is 2.24 bits per heavy atom. The molecule has 1 saturated heterocycles. The van der Waals surface area contributed by atoms with Crippen molar-refractivity contribution in [2.45, 2.75) is 32.2 Å². The van der Waals surface area contributed by atoms with Crippen LogP contribution in [0.3, 0.4) is 0 Å². The summed E-state index contributed by atoms with van der Waals surface area (Å²) in [6.07, 6.45) is 7.47. The van der Waals surface area contributed by atoms with E-state index < -0.39 is 17.2 Å². The van der Waals surface area contributed by atoms with Gasteiger partial charge in [0.25, 0.3) is 0 Å². The molecule has 0 spiro atoms. The first-order valence-corrected chi connectivity index (χ1v) is 11.3. The SMILES string of the molecule is CC[S+]([O-])N1CCCC[C@@H]1CNc1nc(-c2c[nH]c3ncc(Cl)cc23)ncc1F. The maximum Gasteiger partial charge on any atom is 0.183 e. The Bertz CT molecular complexity index is 1000. The van der Waals surface area contributed by atoms with Crippen molar-refractivity contribution in [2.75, 3.05) is 24.2 Å². The first-order chi connectivity index (χ1) is 14.1. The van der Waals surface area contributed by atoms with Crippen LogP contribution in [0.2, 0.25) is 5.02 Å². The summed E-state index contributed by atoms with van der Waals surface area (Å²) in [7, 11) is 0. The Labute approximate surface area is 176 Å². The third-order valence-corrected chi connectivity index (χ3v) is 6.77. The molecule has 1 aliphatic heterocycles. The van der Waals surface area contributed by atoms with Crippen molar-refractivity contribution in [1.29, 1.82) is 0 Å². The van der Waals surface area contributed by atoms with Crippen molar-refractivity contribution in [3.8, 4) is 11.4 Å². The Hall–Kier alpha value is -1.94. The summed E-state index contributed by atoms with van der Waals surface area (Å²) in [5, 5.41) is 4.37. The predicted molar refractivity (Wildman–Crippen MR) is 114 cm³/mol. The Morgan fingerprint density at radius 1 is 1.38 bits per heavy atom. The van der Waals surface area contributed by atoms with Crippen molar-refractivity contribution >= 4 is 39.8 Å². The van der Waals surface area contributed by atoms with E-state index >= 15 is 0 Å². The van der Waals surface area contributed by atoms with Crippen molar-refractivity contribution in [3.63, 3.8) is 0 Å². The molecule has 1 aliphatic rings. The van der Waals surface area contributed by atoms with Gasteiger partial charge in [0.1, 0.15) is 11.4 Å². The average molecular weight is 437 g/mol. The van der Waals surface area contributed by atoms with Crippen molar-refractivity contribution in [2.24, 2.45) is 0 Å². The Morgan fingerprint density at radius 3 is 3.07 bits per heavy atom. The number of hydrogen-bond acceptors (Lipinski definition) is 6. The first-order valence-electron chi connectivity index (χ1n) is 9.61. The lowest BCUT2D eigenvalue weighted by atomic mass is 10.1. The predicted octanol–water partition coefficient (Wildman–Crippen LogP) is 3.76. The first kappa shape index (κ1) is 20.3. The van der Waals surface area contributed by atoms with E-state index in [9.17, 15) is 8.94 Å². The van der Waals surface area contributed by atoms with E-state index in [-0.39, 0.29) is 11.9 Å². The Balaban J connectivity index is 1.56. The topological polar surface area (TPSA) is 92.8 Å². The number of anilines is 1. The van der Waals surface area contributed by atoms with Crippen molar-refractivity contribution in [1.82, 2.24) is 24.2 Å².